The Morgan fingerprint density at radius 2 is 1.67 bits per heavy atom. The molecule has 5 aromatic rings. The molecular formula is C26H20N2O2. The van der Waals surface area contributed by atoms with Crippen molar-refractivity contribution in [2.24, 2.45) is 4.99 Å². The number of fused-ring (bicyclic) bond motifs is 2. The third-order valence-electron chi connectivity index (χ3n) is 5.41. The number of aromatic nitrogens is 1. The van der Waals surface area contributed by atoms with Crippen LogP contribution in [0.2, 0.25) is 0 Å². The van der Waals surface area contributed by atoms with E-state index in [4.69, 9.17) is 4.42 Å². The second kappa shape index (κ2) is 7.16. The summed E-state index contributed by atoms with van der Waals surface area (Å²) < 4.78 is 5.94. The normalized spacial score (nSPS) is 11.7. The van der Waals surface area contributed by atoms with Crippen LogP contribution in [-0.4, -0.2) is 16.3 Å². The zero-order valence-electron chi connectivity index (χ0n) is 16.8. The average molecular weight is 392 g/mol. The second-order valence-corrected chi connectivity index (χ2v) is 7.45. The Bertz CT molecular complexity index is 1370. The predicted octanol–water partition coefficient (Wildman–Crippen LogP) is 6.72. The summed E-state index contributed by atoms with van der Waals surface area (Å²) in [5.74, 6) is 0.809. The lowest BCUT2D eigenvalue weighted by Gasteiger charge is -2.04. The predicted molar refractivity (Wildman–Crippen MR) is 122 cm³/mol. The van der Waals surface area contributed by atoms with E-state index in [0.29, 0.717) is 11.5 Å². The average Bonchev–Trinajstić information content (AvgIpc) is 3.16. The maximum absolute atomic E-state index is 10.3. The maximum atomic E-state index is 10.3. The zero-order chi connectivity index (χ0) is 20.7. The Morgan fingerprint density at radius 3 is 2.50 bits per heavy atom. The maximum Gasteiger partial charge on any atom is 0.227 e. The lowest BCUT2D eigenvalue weighted by molar-refractivity contribution is 0.475. The van der Waals surface area contributed by atoms with Crippen LogP contribution >= 0.6 is 0 Å². The molecule has 0 atom stereocenters. The molecule has 0 spiro atoms. The van der Waals surface area contributed by atoms with Gasteiger partial charge in [-0.2, -0.15) is 0 Å². The minimum Gasteiger partial charge on any atom is -0.507 e. The van der Waals surface area contributed by atoms with Crippen molar-refractivity contribution in [3.05, 3.63) is 89.5 Å². The zero-order valence-corrected chi connectivity index (χ0v) is 16.8. The highest BCUT2D eigenvalue weighted by atomic mass is 16.3. The van der Waals surface area contributed by atoms with Gasteiger partial charge in [0, 0.05) is 17.3 Å². The molecule has 0 aliphatic heterocycles. The van der Waals surface area contributed by atoms with Crippen molar-refractivity contribution in [1.82, 2.24) is 4.98 Å². The van der Waals surface area contributed by atoms with Crippen molar-refractivity contribution in [2.45, 2.75) is 13.8 Å². The molecule has 0 saturated heterocycles. The number of oxazole rings is 1. The first kappa shape index (κ1) is 18.1. The highest BCUT2D eigenvalue weighted by molar-refractivity contribution is 6.03. The van der Waals surface area contributed by atoms with Crippen LogP contribution in [0, 0.1) is 13.8 Å². The molecule has 0 fully saturated rings. The molecule has 4 nitrogen and oxygen atoms in total. The van der Waals surface area contributed by atoms with Crippen LogP contribution in [-0.2, 0) is 0 Å². The Balaban J connectivity index is 1.45. The molecule has 0 radical (unpaired) electrons. The van der Waals surface area contributed by atoms with Crippen LogP contribution in [0.5, 0.6) is 5.75 Å². The number of phenolic OH excluding ortho intramolecular Hbond substituents is 1. The van der Waals surface area contributed by atoms with Gasteiger partial charge in [0.05, 0.1) is 5.69 Å². The van der Waals surface area contributed by atoms with Gasteiger partial charge in [0.15, 0.2) is 5.58 Å². The van der Waals surface area contributed by atoms with E-state index < -0.39 is 0 Å². The fourth-order valence-electron chi connectivity index (χ4n) is 3.55. The summed E-state index contributed by atoms with van der Waals surface area (Å²) in [5.41, 5.74) is 6.43. The number of rotatable bonds is 3. The summed E-state index contributed by atoms with van der Waals surface area (Å²) >= 11 is 0. The summed E-state index contributed by atoms with van der Waals surface area (Å²) in [5, 5.41) is 12.3. The number of benzene rings is 4. The Hall–Kier alpha value is -3.92. The molecule has 0 saturated carbocycles. The molecule has 146 valence electrons. The lowest BCUT2D eigenvalue weighted by Crippen LogP contribution is -1.85. The third-order valence-corrected chi connectivity index (χ3v) is 5.41. The van der Waals surface area contributed by atoms with Gasteiger partial charge in [-0.25, -0.2) is 4.98 Å². The van der Waals surface area contributed by atoms with Crippen LogP contribution < -0.4 is 0 Å². The molecule has 0 aliphatic carbocycles. The quantitative estimate of drug-likeness (QED) is 0.347. The summed E-state index contributed by atoms with van der Waals surface area (Å²) in [7, 11) is 0. The molecule has 1 N–H and O–H groups in total. The SMILES string of the molecule is Cc1cc2nc(-c3ccc(N=Cc4c(O)ccc5ccccc45)cc3)oc2cc1C. The molecule has 0 unspecified atom stereocenters. The number of aromatic hydroxyl groups is 1. The molecule has 0 amide bonds. The van der Waals surface area contributed by atoms with Gasteiger partial charge in [-0.1, -0.05) is 30.3 Å². The molecule has 1 heterocycles. The Labute approximate surface area is 174 Å². The number of phenols is 1. The van der Waals surface area contributed by atoms with E-state index >= 15 is 0 Å². The van der Waals surface area contributed by atoms with Crippen molar-refractivity contribution in [3.63, 3.8) is 0 Å². The molecule has 0 bridgehead atoms. The number of aryl methyl sites for hydroxylation is 2. The van der Waals surface area contributed by atoms with Crippen LogP contribution in [0.1, 0.15) is 16.7 Å². The number of hydrogen-bond acceptors (Lipinski definition) is 4. The highest BCUT2D eigenvalue weighted by Gasteiger charge is 2.10. The van der Waals surface area contributed by atoms with Crippen molar-refractivity contribution in [2.75, 3.05) is 0 Å². The first-order valence-corrected chi connectivity index (χ1v) is 9.81. The van der Waals surface area contributed by atoms with E-state index in [9.17, 15) is 5.11 Å². The Kier molecular flexibility index (Phi) is 4.32. The molecule has 0 aliphatic rings. The third kappa shape index (κ3) is 3.22. The van der Waals surface area contributed by atoms with E-state index in [1.54, 1.807) is 12.3 Å². The van der Waals surface area contributed by atoms with Gasteiger partial charge in [0.25, 0.3) is 0 Å². The second-order valence-electron chi connectivity index (χ2n) is 7.45. The van der Waals surface area contributed by atoms with E-state index in [-0.39, 0.29) is 5.75 Å². The minimum atomic E-state index is 0.214. The van der Waals surface area contributed by atoms with Crippen molar-refractivity contribution in [1.29, 1.82) is 0 Å². The molecule has 4 aromatic carbocycles. The van der Waals surface area contributed by atoms with E-state index in [2.05, 4.69) is 23.8 Å². The molecule has 30 heavy (non-hydrogen) atoms. The van der Waals surface area contributed by atoms with Gasteiger partial charge in [-0.3, -0.25) is 4.99 Å². The topological polar surface area (TPSA) is 58.6 Å². The first-order valence-electron chi connectivity index (χ1n) is 9.81. The fraction of sp³-hybridized carbons (Fsp3) is 0.0769. The molecule has 1 aromatic heterocycles. The molecular weight excluding hydrogens is 372 g/mol. The largest absolute Gasteiger partial charge is 0.507 e. The molecule has 5 rings (SSSR count). The summed E-state index contributed by atoms with van der Waals surface area (Å²) in [4.78, 5) is 9.17. The molecule has 4 heteroatoms. The standard InChI is InChI=1S/C26H20N2O2/c1-16-13-23-25(14-17(16)2)30-26(28-23)19-7-10-20(11-8-19)27-15-22-21-6-4-3-5-18(21)9-12-24(22)29/h3-15,29H,1-2H3. The first-order chi connectivity index (χ1) is 14.6. The highest BCUT2D eigenvalue weighted by Crippen LogP contribution is 2.29. The van der Waals surface area contributed by atoms with Gasteiger partial charge < -0.3 is 9.52 Å². The van der Waals surface area contributed by atoms with E-state index in [1.165, 1.54) is 11.1 Å². The van der Waals surface area contributed by atoms with Gasteiger partial charge in [-0.15, -0.1) is 0 Å². The Morgan fingerprint density at radius 1 is 0.900 bits per heavy atom. The summed E-state index contributed by atoms with van der Waals surface area (Å²) in [6.07, 6.45) is 1.71. The van der Waals surface area contributed by atoms with Crippen molar-refractivity contribution in [3.8, 4) is 17.2 Å². The fourth-order valence-corrected chi connectivity index (χ4v) is 3.55. The smallest absolute Gasteiger partial charge is 0.227 e. The number of hydrogen-bond donors (Lipinski definition) is 1. The lowest BCUT2D eigenvalue weighted by atomic mass is 10.0. The van der Waals surface area contributed by atoms with Gasteiger partial charge in [0.1, 0.15) is 11.3 Å². The van der Waals surface area contributed by atoms with Crippen molar-refractivity contribution >= 4 is 33.8 Å². The van der Waals surface area contributed by atoms with Crippen LogP contribution in [0.15, 0.2) is 82.2 Å². The summed E-state index contributed by atoms with van der Waals surface area (Å²) in [6, 6.07) is 23.3. The number of aliphatic imine (C=N–C) groups is 1. The van der Waals surface area contributed by atoms with Crippen LogP contribution in [0.3, 0.4) is 0 Å². The number of nitrogens with zero attached hydrogens (tertiary/aromatic N) is 2. The van der Waals surface area contributed by atoms with E-state index in [0.717, 1.165) is 33.1 Å². The van der Waals surface area contributed by atoms with Crippen LogP contribution in [0.4, 0.5) is 5.69 Å². The summed E-state index contributed by atoms with van der Waals surface area (Å²) in [6.45, 7) is 4.14. The van der Waals surface area contributed by atoms with Gasteiger partial charge in [-0.05, 0) is 78.2 Å². The minimum absolute atomic E-state index is 0.214. The monoisotopic (exact) mass is 392 g/mol. The van der Waals surface area contributed by atoms with Crippen LogP contribution in [0.25, 0.3) is 33.3 Å². The van der Waals surface area contributed by atoms with Crippen molar-refractivity contribution < 1.29 is 9.52 Å². The van der Waals surface area contributed by atoms with E-state index in [1.807, 2.05) is 66.7 Å². The van der Waals surface area contributed by atoms with Gasteiger partial charge >= 0.3 is 0 Å². The van der Waals surface area contributed by atoms with Gasteiger partial charge in [0.2, 0.25) is 5.89 Å².